The van der Waals surface area contributed by atoms with Crippen molar-refractivity contribution in [2.24, 2.45) is 4.99 Å². The second-order valence-electron chi connectivity index (χ2n) is 6.04. The van der Waals surface area contributed by atoms with Crippen LogP contribution in [-0.2, 0) is 6.18 Å². The Bertz CT molecular complexity index is 828. The third-order valence-corrected chi connectivity index (χ3v) is 5.57. The number of aliphatic hydroxyl groups is 1. The summed E-state index contributed by atoms with van der Waals surface area (Å²) in [4.78, 5) is 6.21. The molecule has 0 aliphatic carbocycles. The first-order chi connectivity index (χ1) is 11.9. The van der Waals surface area contributed by atoms with Crippen molar-refractivity contribution >= 4 is 28.3 Å². The predicted molar refractivity (Wildman–Crippen MR) is 86.9 cm³/mol. The van der Waals surface area contributed by atoms with Crippen LogP contribution >= 0.6 is 11.8 Å². The van der Waals surface area contributed by atoms with Gasteiger partial charge in [0.15, 0.2) is 5.65 Å². The molecule has 134 valence electrons. The van der Waals surface area contributed by atoms with Gasteiger partial charge in [-0.25, -0.2) is 0 Å². The lowest BCUT2D eigenvalue weighted by Crippen LogP contribution is -2.48. The lowest BCUT2D eigenvalue weighted by atomic mass is 9.92. The standard InChI is InChI=1S/C14H15F3N6OS/c15-14(16,17)11-20-19-9-1-2-10(21-23(9)11)22-6-3-13(24,4-7-22)12-18-5-8-25-12/h1-2,24H,3-8H2. The number of nitrogens with zero attached hydrogens (tertiary/aromatic N) is 6. The summed E-state index contributed by atoms with van der Waals surface area (Å²) < 4.78 is 39.6. The van der Waals surface area contributed by atoms with Gasteiger partial charge in [-0.05, 0) is 25.0 Å². The molecule has 0 spiro atoms. The Labute approximate surface area is 144 Å². The molecule has 1 fully saturated rings. The molecule has 4 heterocycles. The molecule has 7 nitrogen and oxygen atoms in total. The number of anilines is 1. The molecule has 4 rings (SSSR count). The number of aromatic nitrogens is 4. The normalized spacial score (nSPS) is 21.0. The molecule has 0 atom stereocenters. The van der Waals surface area contributed by atoms with E-state index in [4.69, 9.17) is 0 Å². The maximum absolute atomic E-state index is 13.0. The van der Waals surface area contributed by atoms with Crippen LogP contribution in [0.3, 0.4) is 0 Å². The molecule has 0 amide bonds. The Morgan fingerprint density at radius 2 is 1.92 bits per heavy atom. The highest BCUT2D eigenvalue weighted by Crippen LogP contribution is 2.33. The van der Waals surface area contributed by atoms with Gasteiger partial charge in [0.05, 0.1) is 5.04 Å². The van der Waals surface area contributed by atoms with E-state index in [1.165, 1.54) is 6.07 Å². The van der Waals surface area contributed by atoms with Crippen molar-refractivity contribution in [2.75, 3.05) is 30.3 Å². The Morgan fingerprint density at radius 1 is 1.16 bits per heavy atom. The number of halogens is 3. The SMILES string of the molecule is OC1(C2=NCCS2)CCN(c2ccc3nnc(C(F)(F)F)n3n2)CC1. The zero-order chi connectivity index (χ0) is 17.7. The summed E-state index contributed by atoms with van der Waals surface area (Å²) in [6.07, 6.45) is -3.69. The van der Waals surface area contributed by atoms with Crippen molar-refractivity contribution in [1.82, 2.24) is 19.8 Å². The molecule has 1 N–H and O–H groups in total. The summed E-state index contributed by atoms with van der Waals surface area (Å²) in [6.45, 7) is 1.69. The zero-order valence-corrected chi connectivity index (χ0v) is 13.9. The summed E-state index contributed by atoms with van der Waals surface area (Å²) in [5.41, 5.74) is -0.892. The van der Waals surface area contributed by atoms with Crippen LogP contribution in [0.25, 0.3) is 5.65 Å². The van der Waals surface area contributed by atoms with Gasteiger partial charge in [-0.15, -0.1) is 27.1 Å². The topological polar surface area (TPSA) is 78.9 Å². The molecule has 2 aliphatic rings. The van der Waals surface area contributed by atoms with Crippen LogP contribution < -0.4 is 4.90 Å². The largest absolute Gasteiger partial charge is 0.453 e. The fourth-order valence-electron chi connectivity index (χ4n) is 3.06. The number of alkyl halides is 3. The van der Waals surface area contributed by atoms with E-state index < -0.39 is 17.6 Å². The van der Waals surface area contributed by atoms with Gasteiger partial charge in [0, 0.05) is 25.4 Å². The monoisotopic (exact) mass is 372 g/mol. The number of thioether (sulfide) groups is 1. The third kappa shape index (κ3) is 2.95. The maximum atomic E-state index is 13.0. The van der Waals surface area contributed by atoms with Crippen LogP contribution in [0.5, 0.6) is 0 Å². The number of hydrogen-bond donors (Lipinski definition) is 1. The maximum Gasteiger partial charge on any atom is 0.453 e. The molecule has 0 unspecified atom stereocenters. The first-order valence-corrected chi connectivity index (χ1v) is 8.80. The minimum atomic E-state index is -4.62. The quantitative estimate of drug-likeness (QED) is 0.863. The van der Waals surface area contributed by atoms with E-state index in [0.29, 0.717) is 36.3 Å². The fourth-order valence-corrected chi connectivity index (χ4v) is 4.09. The van der Waals surface area contributed by atoms with Crippen LogP contribution in [0, 0.1) is 0 Å². The van der Waals surface area contributed by atoms with Gasteiger partial charge in [-0.1, -0.05) is 0 Å². The number of rotatable bonds is 2. The van der Waals surface area contributed by atoms with Gasteiger partial charge in [-0.3, -0.25) is 4.99 Å². The third-order valence-electron chi connectivity index (χ3n) is 4.40. The van der Waals surface area contributed by atoms with E-state index in [1.807, 2.05) is 4.90 Å². The van der Waals surface area contributed by atoms with Crippen LogP contribution in [0.2, 0.25) is 0 Å². The Hall–Kier alpha value is -1.88. The van der Waals surface area contributed by atoms with Gasteiger partial charge < -0.3 is 10.0 Å². The van der Waals surface area contributed by atoms with Crippen molar-refractivity contribution in [2.45, 2.75) is 24.6 Å². The number of piperidine rings is 1. The molecule has 25 heavy (non-hydrogen) atoms. The van der Waals surface area contributed by atoms with Crippen molar-refractivity contribution in [3.05, 3.63) is 18.0 Å². The van der Waals surface area contributed by atoms with Crippen molar-refractivity contribution in [3.63, 3.8) is 0 Å². The van der Waals surface area contributed by atoms with E-state index >= 15 is 0 Å². The minimum Gasteiger partial charge on any atom is -0.383 e. The molecule has 0 bridgehead atoms. The summed E-state index contributed by atoms with van der Waals surface area (Å²) in [5.74, 6) is 0.142. The van der Waals surface area contributed by atoms with Crippen molar-refractivity contribution < 1.29 is 18.3 Å². The average Bonchev–Trinajstić information content (AvgIpc) is 3.24. The molecular formula is C14H15F3N6OS. The summed E-state index contributed by atoms with van der Waals surface area (Å²) in [7, 11) is 0. The summed E-state index contributed by atoms with van der Waals surface area (Å²) >= 11 is 1.57. The second-order valence-corrected chi connectivity index (χ2v) is 7.12. The smallest absolute Gasteiger partial charge is 0.383 e. The molecule has 0 saturated carbocycles. The average molecular weight is 372 g/mol. The van der Waals surface area contributed by atoms with Gasteiger partial charge in [0.2, 0.25) is 0 Å². The van der Waals surface area contributed by atoms with Gasteiger partial charge in [0.1, 0.15) is 11.4 Å². The molecule has 11 heteroatoms. The molecule has 0 radical (unpaired) electrons. The molecule has 2 aliphatic heterocycles. The van der Waals surface area contributed by atoms with Crippen LogP contribution in [0.4, 0.5) is 19.0 Å². The van der Waals surface area contributed by atoms with E-state index in [-0.39, 0.29) is 5.65 Å². The first kappa shape index (κ1) is 16.6. The van der Waals surface area contributed by atoms with Gasteiger partial charge >= 0.3 is 6.18 Å². The van der Waals surface area contributed by atoms with Crippen molar-refractivity contribution in [1.29, 1.82) is 0 Å². The first-order valence-electron chi connectivity index (χ1n) is 7.82. The zero-order valence-electron chi connectivity index (χ0n) is 13.1. The Balaban J connectivity index is 1.57. The second kappa shape index (κ2) is 5.84. The van der Waals surface area contributed by atoms with E-state index in [1.54, 1.807) is 17.8 Å². The Morgan fingerprint density at radius 3 is 2.56 bits per heavy atom. The Kier molecular flexibility index (Phi) is 3.87. The lowest BCUT2D eigenvalue weighted by Gasteiger charge is -2.38. The van der Waals surface area contributed by atoms with E-state index in [9.17, 15) is 18.3 Å². The lowest BCUT2D eigenvalue weighted by molar-refractivity contribution is -0.146. The highest BCUT2D eigenvalue weighted by molar-refractivity contribution is 8.14. The molecule has 1 saturated heterocycles. The van der Waals surface area contributed by atoms with Crippen LogP contribution in [0.1, 0.15) is 18.7 Å². The molecular weight excluding hydrogens is 357 g/mol. The summed E-state index contributed by atoms with van der Waals surface area (Å²) in [6, 6.07) is 3.08. The van der Waals surface area contributed by atoms with Crippen LogP contribution in [0.15, 0.2) is 17.1 Å². The van der Waals surface area contributed by atoms with Crippen LogP contribution in [-0.4, -0.2) is 60.9 Å². The highest BCUT2D eigenvalue weighted by Gasteiger charge is 2.40. The number of aliphatic imine (C=N–C) groups is 1. The molecule has 0 aromatic carbocycles. The number of fused-ring (bicyclic) bond motifs is 1. The molecule has 2 aromatic heterocycles. The van der Waals surface area contributed by atoms with E-state index in [2.05, 4.69) is 20.3 Å². The summed E-state index contributed by atoms with van der Waals surface area (Å²) in [5, 5.41) is 22.3. The van der Waals surface area contributed by atoms with Gasteiger partial charge in [-0.2, -0.15) is 17.7 Å². The highest BCUT2D eigenvalue weighted by atomic mass is 32.2. The molecule has 2 aromatic rings. The van der Waals surface area contributed by atoms with Gasteiger partial charge in [0.25, 0.3) is 5.82 Å². The predicted octanol–water partition coefficient (Wildman–Crippen LogP) is 1.62. The number of hydrogen-bond acceptors (Lipinski definition) is 7. The van der Waals surface area contributed by atoms with E-state index in [0.717, 1.165) is 17.3 Å². The fraction of sp³-hybridized carbons (Fsp3) is 0.571. The van der Waals surface area contributed by atoms with Crippen molar-refractivity contribution in [3.8, 4) is 0 Å². The minimum absolute atomic E-state index is 0.0429.